The molecule has 1 saturated heterocycles. The summed E-state index contributed by atoms with van der Waals surface area (Å²) < 4.78 is 1.91. The van der Waals surface area contributed by atoms with E-state index in [0.29, 0.717) is 6.54 Å². The molecule has 0 saturated carbocycles. The van der Waals surface area contributed by atoms with Crippen LogP contribution in [0.3, 0.4) is 0 Å². The zero-order valence-corrected chi connectivity index (χ0v) is 15.2. The van der Waals surface area contributed by atoms with Gasteiger partial charge in [0.25, 0.3) is 0 Å². The lowest BCUT2D eigenvalue weighted by Gasteiger charge is -2.11. The molecule has 1 aromatic carbocycles. The molecule has 0 N–H and O–H groups in total. The van der Waals surface area contributed by atoms with E-state index < -0.39 is 0 Å². The Morgan fingerprint density at radius 3 is 2.63 bits per heavy atom. The summed E-state index contributed by atoms with van der Waals surface area (Å²) in [4.78, 5) is 18.5. The van der Waals surface area contributed by atoms with Crippen molar-refractivity contribution in [3.63, 3.8) is 0 Å². The molecule has 0 spiro atoms. The normalized spacial score (nSPS) is 14.1. The number of carbonyl (C=O) groups excluding carboxylic acids is 1. The van der Waals surface area contributed by atoms with Crippen LogP contribution in [0.25, 0.3) is 17.3 Å². The molecule has 27 heavy (non-hydrogen) atoms. The largest absolute Gasteiger partial charge is 0.339 e. The van der Waals surface area contributed by atoms with E-state index >= 15 is 0 Å². The number of nitrogens with zero attached hydrogens (tertiary/aromatic N) is 4. The molecule has 1 fully saturated rings. The maximum atomic E-state index is 12.4. The number of rotatable bonds is 5. The van der Waals surface area contributed by atoms with Gasteiger partial charge in [0.2, 0.25) is 5.91 Å². The molecule has 0 atom stereocenters. The van der Waals surface area contributed by atoms with Crippen LogP contribution >= 0.6 is 0 Å². The predicted octanol–water partition coefficient (Wildman–Crippen LogP) is 3.63. The number of hydrogen-bond donors (Lipinski definition) is 0. The Hall–Kier alpha value is -3.21. The molecule has 1 aliphatic heterocycles. The summed E-state index contributed by atoms with van der Waals surface area (Å²) in [6.45, 7) is 2.39. The SMILES string of the molecule is O=C(C=Cc1cn(Cc2ccccc2)nc1-c1cccnc1)N1CCCC1. The second kappa shape index (κ2) is 7.99. The summed E-state index contributed by atoms with van der Waals surface area (Å²) in [7, 11) is 0. The monoisotopic (exact) mass is 358 g/mol. The third-order valence-corrected chi connectivity index (χ3v) is 4.74. The van der Waals surface area contributed by atoms with Crippen molar-refractivity contribution in [3.8, 4) is 11.3 Å². The van der Waals surface area contributed by atoms with Crippen LogP contribution in [0, 0.1) is 0 Å². The van der Waals surface area contributed by atoms with E-state index in [-0.39, 0.29) is 5.91 Å². The lowest BCUT2D eigenvalue weighted by Crippen LogP contribution is -2.25. The highest BCUT2D eigenvalue weighted by Crippen LogP contribution is 2.23. The van der Waals surface area contributed by atoms with Gasteiger partial charge in [-0.3, -0.25) is 14.5 Å². The first-order valence-electron chi connectivity index (χ1n) is 9.28. The molecule has 4 rings (SSSR count). The zero-order chi connectivity index (χ0) is 18.5. The third-order valence-electron chi connectivity index (χ3n) is 4.74. The summed E-state index contributed by atoms with van der Waals surface area (Å²) >= 11 is 0. The molecule has 1 aliphatic rings. The van der Waals surface area contributed by atoms with Crippen molar-refractivity contribution < 1.29 is 4.79 Å². The lowest BCUT2D eigenvalue weighted by molar-refractivity contribution is -0.124. The van der Waals surface area contributed by atoms with Crippen LogP contribution in [0.2, 0.25) is 0 Å². The molecule has 3 aromatic rings. The van der Waals surface area contributed by atoms with E-state index in [2.05, 4.69) is 17.1 Å². The molecular formula is C22H22N4O. The van der Waals surface area contributed by atoms with Crippen LogP contribution in [-0.2, 0) is 11.3 Å². The highest BCUT2D eigenvalue weighted by Gasteiger charge is 2.16. The van der Waals surface area contributed by atoms with E-state index in [1.807, 2.05) is 52.2 Å². The standard InChI is InChI=1S/C22H22N4O/c27-21(25-13-4-5-14-25)11-10-20-17-26(16-18-7-2-1-3-8-18)24-22(20)19-9-6-12-23-15-19/h1-3,6-12,15,17H,4-5,13-14,16H2. The van der Waals surface area contributed by atoms with Gasteiger partial charge in [-0.15, -0.1) is 0 Å². The molecule has 2 aromatic heterocycles. The molecule has 136 valence electrons. The Morgan fingerprint density at radius 1 is 1.07 bits per heavy atom. The number of likely N-dealkylation sites (tertiary alicyclic amines) is 1. The van der Waals surface area contributed by atoms with Gasteiger partial charge in [-0.05, 0) is 36.6 Å². The minimum atomic E-state index is 0.0699. The number of benzene rings is 1. The fraction of sp³-hybridized carbons (Fsp3) is 0.227. The van der Waals surface area contributed by atoms with Crippen LogP contribution in [0.5, 0.6) is 0 Å². The molecule has 5 nitrogen and oxygen atoms in total. The number of aromatic nitrogens is 3. The van der Waals surface area contributed by atoms with Crippen molar-refractivity contribution >= 4 is 12.0 Å². The van der Waals surface area contributed by atoms with E-state index in [1.165, 1.54) is 5.56 Å². The van der Waals surface area contributed by atoms with Crippen LogP contribution in [0.15, 0.2) is 67.1 Å². The van der Waals surface area contributed by atoms with Crippen LogP contribution in [0.4, 0.5) is 0 Å². The molecule has 0 radical (unpaired) electrons. The number of amides is 1. The van der Waals surface area contributed by atoms with Gasteiger partial charge in [-0.1, -0.05) is 30.3 Å². The van der Waals surface area contributed by atoms with Crippen molar-refractivity contribution in [2.45, 2.75) is 19.4 Å². The van der Waals surface area contributed by atoms with Gasteiger partial charge in [0.15, 0.2) is 0 Å². The Morgan fingerprint density at radius 2 is 1.89 bits per heavy atom. The van der Waals surface area contributed by atoms with Gasteiger partial charge in [0, 0.05) is 48.9 Å². The third kappa shape index (κ3) is 4.14. The molecule has 0 unspecified atom stereocenters. The predicted molar refractivity (Wildman–Crippen MR) is 106 cm³/mol. The highest BCUT2D eigenvalue weighted by molar-refractivity contribution is 5.93. The van der Waals surface area contributed by atoms with Crippen molar-refractivity contribution in [1.82, 2.24) is 19.7 Å². The Bertz CT molecular complexity index is 925. The second-order valence-electron chi connectivity index (χ2n) is 6.72. The maximum Gasteiger partial charge on any atom is 0.246 e. The van der Waals surface area contributed by atoms with Crippen LogP contribution in [0.1, 0.15) is 24.0 Å². The molecule has 3 heterocycles. The maximum absolute atomic E-state index is 12.4. The van der Waals surface area contributed by atoms with Gasteiger partial charge in [0.1, 0.15) is 5.69 Å². The van der Waals surface area contributed by atoms with Crippen molar-refractivity contribution in [3.05, 3.63) is 78.3 Å². The topological polar surface area (TPSA) is 51.0 Å². The van der Waals surface area contributed by atoms with Crippen molar-refractivity contribution in [1.29, 1.82) is 0 Å². The van der Waals surface area contributed by atoms with E-state index in [0.717, 1.165) is 42.8 Å². The molecular weight excluding hydrogens is 336 g/mol. The Kier molecular flexibility index (Phi) is 5.10. The quantitative estimate of drug-likeness (QED) is 0.655. The van der Waals surface area contributed by atoms with E-state index in [9.17, 15) is 4.79 Å². The fourth-order valence-corrected chi connectivity index (χ4v) is 3.34. The average molecular weight is 358 g/mol. The van der Waals surface area contributed by atoms with Crippen LogP contribution < -0.4 is 0 Å². The number of pyridine rings is 1. The van der Waals surface area contributed by atoms with Gasteiger partial charge in [0.05, 0.1) is 6.54 Å². The first-order valence-corrected chi connectivity index (χ1v) is 9.28. The first-order chi connectivity index (χ1) is 13.3. The summed E-state index contributed by atoms with van der Waals surface area (Å²) in [6.07, 6.45) is 11.3. The zero-order valence-electron chi connectivity index (χ0n) is 15.2. The van der Waals surface area contributed by atoms with Gasteiger partial charge in [-0.2, -0.15) is 5.10 Å². The van der Waals surface area contributed by atoms with E-state index in [1.54, 1.807) is 18.5 Å². The summed E-state index contributed by atoms with van der Waals surface area (Å²) in [5, 5.41) is 4.75. The fourth-order valence-electron chi connectivity index (χ4n) is 3.34. The minimum Gasteiger partial charge on any atom is -0.339 e. The van der Waals surface area contributed by atoms with Crippen LogP contribution in [-0.4, -0.2) is 38.7 Å². The van der Waals surface area contributed by atoms with Crippen molar-refractivity contribution in [2.75, 3.05) is 13.1 Å². The van der Waals surface area contributed by atoms with Gasteiger partial charge < -0.3 is 4.90 Å². The number of hydrogen-bond acceptors (Lipinski definition) is 3. The smallest absolute Gasteiger partial charge is 0.246 e. The summed E-state index contributed by atoms with van der Waals surface area (Å²) in [5.41, 5.74) is 3.88. The first kappa shape index (κ1) is 17.2. The molecule has 5 heteroatoms. The summed E-state index contributed by atoms with van der Waals surface area (Å²) in [6, 6.07) is 14.1. The molecule has 0 aliphatic carbocycles. The second-order valence-corrected chi connectivity index (χ2v) is 6.72. The van der Waals surface area contributed by atoms with Crippen molar-refractivity contribution in [2.24, 2.45) is 0 Å². The minimum absolute atomic E-state index is 0.0699. The summed E-state index contributed by atoms with van der Waals surface area (Å²) in [5.74, 6) is 0.0699. The Balaban J connectivity index is 1.62. The molecule has 0 bridgehead atoms. The molecule has 1 amide bonds. The lowest BCUT2D eigenvalue weighted by atomic mass is 10.1. The average Bonchev–Trinajstić information content (AvgIpc) is 3.38. The van der Waals surface area contributed by atoms with Gasteiger partial charge in [-0.25, -0.2) is 0 Å². The highest BCUT2D eigenvalue weighted by atomic mass is 16.2. The Labute approximate surface area is 159 Å². The van der Waals surface area contributed by atoms with Gasteiger partial charge >= 0.3 is 0 Å². The number of carbonyl (C=O) groups is 1. The van der Waals surface area contributed by atoms with E-state index in [4.69, 9.17) is 5.10 Å².